The molecule has 2 heterocycles. The number of hydrogen-bond acceptors (Lipinski definition) is 3. The third-order valence-electron chi connectivity index (χ3n) is 3.33. The van der Waals surface area contributed by atoms with E-state index in [2.05, 4.69) is 39.1 Å². The highest BCUT2D eigenvalue weighted by molar-refractivity contribution is 5.12. The molecule has 0 aliphatic rings. The van der Waals surface area contributed by atoms with Crippen molar-refractivity contribution in [2.75, 3.05) is 7.05 Å². The SMILES string of the molecule is CCn1nc(C)cc1CC(Cc1ccccn1)NC. The van der Waals surface area contributed by atoms with E-state index < -0.39 is 0 Å². The molecule has 0 saturated carbocycles. The summed E-state index contributed by atoms with van der Waals surface area (Å²) in [5.41, 5.74) is 3.50. The predicted molar refractivity (Wildman–Crippen MR) is 77.1 cm³/mol. The van der Waals surface area contributed by atoms with E-state index in [1.165, 1.54) is 5.69 Å². The van der Waals surface area contributed by atoms with Crippen LogP contribution in [0.25, 0.3) is 0 Å². The molecule has 0 radical (unpaired) electrons. The first-order valence-corrected chi connectivity index (χ1v) is 6.83. The largest absolute Gasteiger partial charge is 0.316 e. The van der Waals surface area contributed by atoms with Gasteiger partial charge in [-0.05, 0) is 39.1 Å². The van der Waals surface area contributed by atoms with Crippen molar-refractivity contribution >= 4 is 0 Å². The molecule has 2 aromatic heterocycles. The van der Waals surface area contributed by atoms with Crippen LogP contribution >= 0.6 is 0 Å². The Balaban J connectivity index is 2.06. The summed E-state index contributed by atoms with van der Waals surface area (Å²) >= 11 is 0. The molecular weight excluding hydrogens is 236 g/mol. The van der Waals surface area contributed by atoms with E-state index in [4.69, 9.17) is 0 Å². The predicted octanol–water partition coefficient (Wildman–Crippen LogP) is 1.98. The molecule has 2 aromatic rings. The molecular formula is C15H22N4. The number of pyridine rings is 1. The molecule has 0 spiro atoms. The van der Waals surface area contributed by atoms with Gasteiger partial charge < -0.3 is 5.32 Å². The van der Waals surface area contributed by atoms with Gasteiger partial charge in [-0.2, -0.15) is 5.10 Å². The first-order valence-electron chi connectivity index (χ1n) is 6.83. The van der Waals surface area contributed by atoms with Crippen molar-refractivity contribution in [2.24, 2.45) is 0 Å². The van der Waals surface area contributed by atoms with Crippen molar-refractivity contribution in [1.82, 2.24) is 20.1 Å². The second-order valence-electron chi connectivity index (χ2n) is 4.81. The number of nitrogens with zero attached hydrogens (tertiary/aromatic N) is 3. The standard InChI is InChI=1S/C15H22N4/c1-4-19-15(9-12(2)18-19)11-14(16-3)10-13-7-5-6-8-17-13/h5-9,14,16H,4,10-11H2,1-3H3. The number of nitrogens with one attached hydrogen (secondary N) is 1. The normalized spacial score (nSPS) is 12.6. The van der Waals surface area contributed by atoms with E-state index >= 15 is 0 Å². The number of hydrogen-bond donors (Lipinski definition) is 1. The van der Waals surface area contributed by atoms with Crippen LogP contribution in [0.4, 0.5) is 0 Å². The summed E-state index contributed by atoms with van der Waals surface area (Å²) in [6.45, 7) is 5.09. The summed E-state index contributed by atoms with van der Waals surface area (Å²) < 4.78 is 2.08. The van der Waals surface area contributed by atoms with E-state index in [1.807, 2.05) is 32.3 Å². The molecule has 1 atom stereocenters. The average molecular weight is 258 g/mol. The van der Waals surface area contributed by atoms with Gasteiger partial charge in [-0.1, -0.05) is 6.07 Å². The summed E-state index contributed by atoms with van der Waals surface area (Å²) in [6.07, 6.45) is 3.76. The fraction of sp³-hybridized carbons (Fsp3) is 0.467. The molecule has 2 rings (SSSR count). The minimum Gasteiger partial charge on any atom is -0.316 e. The molecule has 19 heavy (non-hydrogen) atoms. The van der Waals surface area contributed by atoms with E-state index in [9.17, 15) is 0 Å². The Hall–Kier alpha value is -1.68. The van der Waals surface area contributed by atoms with Crippen LogP contribution < -0.4 is 5.32 Å². The lowest BCUT2D eigenvalue weighted by Crippen LogP contribution is -2.31. The third kappa shape index (κ3) is 3.64. The highest BCUT2D eigenvalue weighted by atomic mass is 15.3. The summed E-state index contributed by atoms with van der Waals surface area (Å²) in [7, 11) is 2.01. The monoisotopic (exact) mass is 258 g/mol. The zero-order valence-corrected chi connectivity index (χ0v) is 11.9. The summed E-state index contributed by atoms with van der Waals surface area (Å²) in [5.74, 6) is 0. The lowest BCUT2D eigenvalue weighted by Gasteiger charge is -2.16. The number of aryl methyl sites for hydroxylation is 2. The maximum atomic E-state index is 4.50. The van der Waals surface area contributed by atoms with E-state index in [-0.39, 0.29) is 0 Å². The smallest absolute Gasteiger partial charge is 0.0596 e. The van der Waals surface area contributed by atoms with Gasteiger partial charge in [0.2, 0.25) is 0 Å². The first kappa shape index (κ1) is 13.7. The van der Waals surface area contributed by atoms with Crippen molar-refractivity contribution in [3.05, 3.63) is 47.5 Å². The van der Waals surface area contributed by atoms with Crippen molar-refractivity contribution in [1.29, 1.82) is 0 Å². The minimum absolute atomic E-state index is 0.385. The maximum absolute atomic E-state index is 4.50. The van der Waals surface area contributed by atoms with Crippen molar-refractivity contribution < 1.29 is 0 Å². The zero-order valence-electron chi connectivity index (χ0n) is 11.9. The van der Waals surface area contributed by atoms with E-state index in [0.29, 0.717) is 6.04 Å². The Labute approximate surface area is 114 Å². The van der Waals surface area contributed by atoms with Gasteiger partial charge >= 0.3 is 0 Å². The molecule has 1 N–H and O–H groups in total. The molecule has 0 aliphatic heterocycles. The van der Waals surface area contributed by atoms with E-state index in [0.717, 1.165) is 30.8 Å². The van der Waals surface area contributed by atoms with Gasteiger partial charge in [0, 0.05) is 43.0 Å². The second kappa shape index (κ2) is 6.48. The molecule has 4 heteroatoms. The van der Waals surface area contributed by atoms with Gasteiger partial charge in [0.25, 0.3) is 0 Å². The summed E-state index contributed by atoms with van der Waals surface area (Å²) in [6, 6.07) is 8.62. The topological polar surface area (TPSA) is 42.7 Å². The molecule has 0 saturated heterocycles. The quantitative estimate of drug-likeness (QED) is 0.861. The number of likely N-dealkylation sites (N-methyl/N-ethyl adjacent to an activating group) is 1. The lowest BCUT2D eigenvalue weighted by molar-refractivity contribution is 0.516. The van der Waals surface area contributed by atoms with Crippen LogP contribution in [0.2, 0.25) is 0 Å². The Morgan fingerprint density at radius 3 is 2.79 bits per heavy atom. The highest BCUT2D eigenvalue weighted by Gasteiger charge is 2.12. The van der Waals surface area contributed by atoms with Crippen molar-refractivity contribution in [3.8, 4) is 0 Å². The molecule has 102 valence electrons. The number of aromatic nitrogens is 3. The second-order valence-corrected chi connectivity index (χ2v) is 4.81. The van der Waals surface area contributed by atoms with Crippen LogP contribution in [0.15, 0.2) is 30.5 Å². The van der Waals surface area contributed by atoms with Gasteiger partial charge in [0.1, 0.15) is 0 Å². The molecule has 0 fully saturated rings. The Kier molecular flexibility index (Phi) is 4.68. The van der Waals surface area contributed by atoms with Crippen LogP contribution in [-0.4, -0.2) is 27.9 Å². The van der Waals surface area contributed by atoms with Gasteiger partial charge in [0.15, 0.2) is 0 Å². The van der Waals surface area contributed by atoms with Crippen LogP contribution in [0, 0.1) is 6.92 Å². The maximum Gasteiger partial charge on any atom is 0.0596 e. The van der Waals surface area contributed by atoms with Crippen LogP contribution in [0.1, 0.15) is 24.0 Å². The Morgan fingerprint density at radius 1 is 1.32 bits per heavy atom. The van der Waals surface area contributed by atoms with E-state index in [1.54, 1.807) is 0 Å². The fourth-order valence-corrected chi connectivity index (χ4v) is 2.34. The van der Waals surface area contributed by atoms with Crippen molar-refractivity contribution in [3.63, 3.8) is 0 Å². The van der Waals surface area contributed by atoms with Crippen molar-refractivity contribution in [2.45, 2.75) is 39.3 Å². The molecule has 0 amide bonds. The molecule has 0 aromatic carbocycles. The Bertz CT molecular complexity index is 504. The van der Waals surface area contributed by atoms with Crippen LogP contribution in [0.3, 0.4) is 0 Å². The van der Waals surface area contributed by atoms with Crippen LogP contribution in [0.5, 0.6) is 0 Å². The minimum atomic E-state index is 0.385. The molecule has 1 unspecified atom stereocenters. The summed E-state index contributed by atoms with van der Waals surface area (Å²) in [5, 5.41) is 7.88. The van der Waals surface area contributed by atoms with Gasteiger partial charge in [-0.25, -0.2) is 0 Å². The fourth-order valence-electron chi connectivity index (χ4n) is 2.34. The molecule has 0 bridgehead atoms. The zero-order chi connectivity index (χ0) is 13.7. The lowest BCUT2D eigenvalue weighted by atomic mass is 10.1. The average Bonchev–Trinajstić information content (AvgIpc) is 2.79. The Morgan fingerprint density at radius 2 is 2.16 bits per heavy atom. The van der Waals surface area contributed by atoms with Crippen LogP contribution in [-0.2, 0) is 19.4 Å². The van der Waals surface area contributed by atoms with Gasteiger partial charge in [-0.3, -0.25) is 9.67 Å². The third-order valence-corrected chi connectivity index (χ3v) is 3.33. The molecule has 0 aliphatic carbocycles. The van der Waals surface area contributed by atoms with Gasteiger partial charge in [0.05, 0.1) is 5.69 Å². The first-order chi connectivity index (χ1) is 9.22. The number of rotatable bonds is 6. The summed E-state index contributed by atoms with van der Waals surface area (Å²) in [4.78, 5) is 4.39. The molecule has 4 nitrogen and oxygen atoms in total. The highest BCUT2D eigenvalue weighted by Crippen LogP contribution is 2.09. The van der Waals surface area contributed by atoms with Gasteiger partial charge in [-0.15, -0.1) is 0 Å².